The first-order valence-corrected chi connectivity index (χ1v) is 7.45. The van der Waals surface area contributed by atoms with Crippen LogP contribution in [0.1, 0.15) is 26.2 Å². The van der Waals surface area contributed by atoms with E-state index in [0.717, 1.165) is 25.3 Å². The van der Waals surface area contributed by atoms with Gasteiger partial charge in [-0.05, 0) is 31.4 Å². The molecule has 100 valence electrons. The van der Waals surface area contributed by atoms with Crippen LogP contribution >= 0.6 is 0 Å². The lowest BCUT2D eigenvalue weighted by molar-refractivity contribution is 0.529. The Morgan fingerprint density at radius 1 is 1.50 bits per heavy atom. The fraction of sp³-hybridized carbons (Fsp3) is 0.500. The van der Waals surface area contributed by atoms with Crippen molar-refractivity contribution in [2.24, 2.45) is 5.92 Å². The van der Waals surface area contributed by atoms with Gasteiger partial charge in [0.25, 0.3) is 0 Å². The number of para-hydroxylation sites is 1. The van der Waals surface area contributed by atoms with Crippen LogP contribution in [-0.4, -0.2) is 14.5 Å². The van der Waals surface area contributed by atoms with Gasteiger partial charge >= 0.3 is 0 Å². The van der Waals surface area contributed by atoms with Gasteiger partial charge in [0.2, 0.25) is 10.0 Å². The Bertz CT molecular complexity index is 541. The SMILES string of the molecule is CC(CC1CC1)NS(=O)(=O)c1cccc(F)c1N. The van der Waals surface area contributed by atoms with Crippen molar-refractivity contribution < 1.29 is 12.8 Å². The number of hydrogen-bond donors (Lipinski definition) is 2. The predicted molar refractivity (Wildman–Crippen MR) is 67.9 cm³/mol. The number of nitrogen functional groups attached to an aromatic ring is 1. The van der Waals surface area contributed by atoms with Crippen molar-refractivity contribution in [1.29, 1.82) is 0 Å². The zero-order valence-corrected chi connectivity index (χ0v) is 11.0. The first-order chi connectivity index (χ1) is 8.40. The minimum Gasteiger partial charge on any atom is -0.395 e. The highest BCUT2D eigenvalue weighted by Gasteiger charge is 2.27. The van der Waals surface area contributed by atoms with Crippen molar-refractivity contribution in [3.05, 3.63) is 24.0 Å². The fourth-order valence-electron chi connectivity index (χ4n) is 1.98. The van der Waals surface area contributed by atoms with Crippen molar-refractivity contribution in [2.75, 3.05) is 5.73 Å². The van der Waals surface area contributed by atoms with Crippen molar-refractivity contribution >= 4 is 15.7 Å². The summed E-state index contributed by atoms with van der Waals surface area (Å²) in [6.45, 7) is 1.81. The Morgan fingerprint density at radius 3 is 2.78 bits per heavy atom. The van der Waals surface area contributed by atoms with Crippen LogP contribution < -0.4 is 10.5 Å². The third-order valence-corrected chi connectivity index (χ3v) is 4.69. The van der Waals surface area contributed by atoms with Gasteiger partial charge in [-0.2, -0.15) is 0 Å². The summed E-state index contributed by atoms with van der Waals surface area (Å²) in [7, 11) is -3.75. The van der Waals surface area contributed by atoms with E-state index < -0.39 is 15.8 Å². The van der Waals surface area contributed by atoms with E-state index in [9.17, 15) is 12.8 Å². The van der Waals surface area contributed by atoms with E-state index in [-0.39, 0.29) is 16.6 Å². The average Bonchev–Trinajstić information content (AvgIpc) is 3.04. The molecule has 1 saturated carbocycles. The van der Waals surface area contributed by atoms with Crippen LogP contribution in [0.15, 0.2) is 23.1 Å². The molecule has 0 aliphatic heterocycles. The molecule has 1 aromatic rings. The van der Waals surface area contributed by atoms with E-state index in [1.54, 1.807) is 0 Å². The van der Waals surface area contributed by atoms with Gasteiger partial charge in [-0.25, -0.2) is 17.5 Å². The summed E-state index contributed by atoms with van der Waals surface area (Å²) in [5.74, 6) is -0.0970. The van der Waals surface area contributed by atoms with Crippen LogP contribution in [-0.2, 0) is 10.0 Å². The lowest BCUT2D eigenvalue weighted by Gasteiger charge is -2.15. The van der Waals surface area contributed by atoms with Crippen molar-refractivity contribution in [3.63, 3.8) is 0 Å². The molecule has 1 fully saturated rings. The second-order valence-electron chi connectivity index (χ2n) is 4.85. The lowest BCUT2D eigenvalue weighted by atomic mass is 10.2. The Morgan fingerprint density at radius 2 is 2.17 bits per heavy atom. The van der Waals surface area contributed by atoms with E-state index in [2.05, 4.69) is 4.72 Å². The average molecular weight is 272 g/mol. The van der Waals surface area contributed by atoms with Gasteiger partial charge < -0.3 is 5.73 Å². The molecule has 1 unspecified atom stereocenters. The molecule has 4 nitrogen and oxygen atoms in total. The maximum Gasteiger partial charge on any atom is 0.242 e. The van der Waals surface area contributed by atoms with Gasteiger partial charge in [-0.1, -0.05) is 18.9 Å². The van der Waals surface area contributed by atoms with Gasteiger partial charge in [0, 0.05) is 6.04 Å². The highest BCUT2D eigenvalue weighted by Crippen LogP contribution is 2.33. The van der Waals surface area contributed by atoms with Crippen LogP contribution in [0.5, 0.6) is 0 Å². The van der Waals surface area contributed by atoms with E-state index >= 15 is 0 Å². The molecule has 3 N–H and O–H groups in total. The summed E-state index contributed by atoms with van der Waals surface area (Å²) in [4.78, 5) is -0.190. The molecule has 0 heterocycles. The zero-order valence-electron chi connectivity index (χ0n) is 10.2. The summed E-state index contributed by atoms with van der Waals surface area (Å²) in [5, 5.41) is 0. The molecular formula is C12H17FN2O2S. The van der Waals surface area contributed by atoms with E-state index in [4.69, 9.17) is 5.73 Å². The summed E-state index contributed by atoms with van der Waals surface area (Å²) in [6.07, 6.45) is 3.14. The Hall–Kier alpha value is -1.14. The number of nitrogens with two attached hydrogens (primary N) is 1. The fourth-order valence-corrected chi connectivity index (χ4v) is 3.38. The predicted octanol–water partition coefficient (Wildman–Crippen LogP) is 1.87. The number of rotatable bonds is 5. The van der Waals surface area contributed by atoms with Gasteiger partial charge in [-0.3, -0.25) is 0 Å². The molecule has 1 aliphatic rings. The third kappa shape index (κ3) is 3.00. The molecule has 6 heteroatoms. The number of halogens is 1. The molecule has 0 aromatic heterocycles. The highest BCUT2D eigenvalue weighted by molar-refractivity contribution is 7.89. The minimum atomic E-state index is -3.75. The molecular weight excluding hydrogens is 255 g/mol. The third-order valence-electron chi connectivity index (χ3n) is 3.04. The number of benzene rings is 1. The van der Waals surface area contributed by atoms with Gasteiger partial charge in [0.1, 0.15) is 10.7 Å². The molecule has 1 aliphatic carbocycles. The normalized spacial score (nSPS) is 17.7. The van der Waals surface area contributed by atoms with E-state index in [1.807, 2.05) is 6.92 Å². The molecule has 0 spiro atoms. The maximum atomic E-state index is 13.2. The topological polar surface area (TPSA) is 72.2 Å². The summed E-state index contributed by atoms with van der Waals surface area (Å²) < 4.78 is 39.9. The monoisotopic (exact) mass is 272 g/mol. The van der Waals surface area contributed by atoms with Gasteiger partial charge in [0.05, 0.1) is 5.69 Å². The zero-order chi connectivity index (χ0) is 13.3. The minimum absolute atomic E-state index is 0.162. The molecule has 0 bridgehead atoms. The van der Waals surface area contributed by atoms with Crippen molar-refractivity contribution in [2.45, 2.75) is 37.1 Å². The van der Waals surface area contributed by atoms with Crippen molar-refractivity contribution in [1.82, 2.24) is 4.72 Å². The Balaban J connectivity index is 2.16. The summed E-state index contributed by atoms with van der Waals surface area (Å²) in [6, 6.07) is 3.63. The second kappa shape index (κ2) is 4.85. The van der Waals surface area contributed by atoms with Gasteiger partial charge in [0.15, 0.2) is 0 Å². The van der Waals surface area contributed by atoms with Crippen LogP contribution in [0.2, 0.25) is 0 Å². The maximum absolute atomic E-state index is 13.2. The summed E-state index contributed by atoms with van der Waals surface area (Å²) >= 11 is 0. The highest BCUT2D eigenvalue weighted by atomic mass is 32.2. The van der Waals surface area contributed by atoms with E-state index in [1.165, 1.54) is 12.1 Å². The molecule has 1 aromatic carbocycles. The summed E-state index contributed by atoms with van der Waals surface area (Å²) in [5.41, 5.74) is 5.13. The molecule has 1 atom stereocenters. The molecule has 0 radical (unpaired) electrons. The number of sulfonamides is 1. The number of nitrogens with one attached hydrogen (secondary N) is 1. The largest absolute Gasteiger partial charge is 0.395 e. The van der Waals surface area contributed by atoms with Gasteiger partial charge in [-0.15, -0.1) is 0 Å². The molecule has 2 rings (SSSR count). The van der Waals surface area contributed by atoms with Crippen LogP contribution in [0.3, 0.4) is 0 Å². The van der Waals surface area contributed by atoms with Crippen LogP contribution in [0, 0.1) is 11.7 Å². The Labute approximate surface area is 106 Å². The van der Waals surface area contributed by atoms with Crippen molar-refractivity contribution in [3.8, 4) is 0 Å². The Kier molecular flexibility index (Phi) is 3.59. The van der Waals surface area contributed by atoms with E-state index in [0.29, 0.717) is 5.92 Å². The first kappa shape index (κ1) is 13.3. The van der Waals surface area contributed by atoms with Crippen LogP contribution in [0.4, 0.5) is 10.1 Å². The molecule has 0 saturated heterocycles. The molecule has 0 amide bonds. The quantitative estimate of drug-likeness (QED) is 0.804. The first-order valence-electron chi connectivity index (χ1n) is 5.96. The number of anilines is 1. The number of hydrogen-bond acceptors (Lipinski definition) is 3. The lowest BCUT2D eigenvalue weighted by Crippen LogP contribution is -2.33. The standard InChI is InChI=1S/C12H17FN2O2S/c1-8(7-9-5-6-9)15-18(16,17)11-4-2-3-10(13)12(11)14/h2-4,8-9,15H,5-7,14H2,1H3. The smallest absolute Gasteiger partial charge is 0.242 e. The van der Waals surface area contributed by atoms with Crippen LogP contribution in [0.25, 0.3) is 0 Å². The molecule has 18 heavy (non-hydrogen) atoms. The second-order valence-corrected chi connectivity index (χ2v) is 6.54.